The average molecular weight is 185 g/mol. The first kappa shape index (κ1) is 11.0. The monoisotopic (exact) mass is 185 g/mol. The Morgan fingerprint density at radius 1 is 1.46 bits per heavy atom. The lowest BCUT2D eigenvalue weighted by Gasteiger charge is -2.28. The van der Waals surface area contributed by atoms with Gasteiger partial charge in [0.25, 0.3) is 0 Å². The SMILES string of the molecule is CCC(C)(CCOC)CNC1CC1. The van der Waals surface area contributed by atoms with Gasteiger partial charge in [-0.2, -0.15) is 0 Å². The summed E-state index contributed by atoms with van der Waals surface area (Å²) in [5.41, 5.74) is 0.429. The molecule has 0 radical (unpaired) electrons. The lowest BCUT2D eigenvalue weighted by Crippen LogP contribution is -2.33. The fourth-order valence-electron chi connectivity index (χ4n) is 1.42. The topological polar surface area (TPSA) is 21.3 Å². The molecule has 1 atom stereocenters. The Morgan fingerprint density at radius 2 is 2.15 bits per heavy atom. The molecular formula is C11H23NO. The van der Waals surface area contributed by atoms with Crippen molar-refractivity contribution in [2.75, 3.05) is 20.3 Å². The fraction of sp³-hybridized carbons (Fsp3) is 1.00. The molecule has 0 aromatic rings. The predicted octanol–water partition coefficient (Wildman–Crippen LogP) is 2.19. The minimum absolute atomic E-state index is 0.429. The molecule has 0 bridgehead atoms. The Balaban J connectivity index is 2.19. The molecule has 0 heterocycles. The van der Waals surface area contributed by atoms with Gasteiger partial charge in [0, 0.05) is 26.3 Å². The summed E-state index contributed by atoms with van der Waals surface area (Å²) in [6, 6.07) is 0.827. The molecule has 1 aliphatic rings. The highest BCUT2D eigenvalue weighted by Crippen LogP contribution is 2.27. The molecule has 1 saturated carbocycles. The summed E-state index contributed by atoms with van der Waals surface area (Å²) in [4.78, 5) is 0. The van der Waals surface area contributed by atoms with Crippen molar-refractivity contribution >= 4 is 0 Å². The number of methoxy groups -OCH3 is 1. The second kappa shape index (κ2) is 4.97. The maximum atomic E-state index is 5.13. The van der Waals surface area contributed by atoms with Crippen LogP contribution in [-0.4, -0.2) is 26.3 Å². The van der Waals surface area contributed by atoms with Crippen molar-refractivity contribution in [2.24, 2.45) is 5.41 Å². The first-order valence-electron chi connectivity index (χ1n) is 5.42. The van der Waals surface area contributed by atoms with E-state index in [2.05, 4.69) is 19.2 Å². The van der Waals surface area contributed by atoms with E-state index in [-0.39, 0.29) is 0 Å². The molecular weight excluding hydrogens is 162 g/mol. The Labute approximate surface area is 82.0 Å². The molecule has 1 rings (SSSR count). The molecule has 13 heavy (non-hydrogen) atoms. The highest BCUT2D eigenvalue weighted by Gasteiger charge is 2.26. The van der Waals surface area contributed by atoms with Gasteiger partial charge in [-0.25, -0.2) is 0 Å². The number of ether oxygens (including phenoxy) is 1. The summed E-state index contributed by atoms with van der Waals surface area (Å²) in [5.74, 6) is 0. The molecule has 0 amide bonds. The quantitative estimate of drug-likeness (QED) is 0.656. The van der Waals surface area contributed by atoms with Gasteiger partial charge in [0.15, 0.2) is 0 Å². The van der Waals surface area contributed by atoms with Crippen LogP contribution in [0.4, 0.5) is 0 Å². The van der Waals surface area contributed by atoms with E-state index < -0.39 is 0 Å². The van der Waals surface area contributed by atoms with E-state index in [4.69, 9.17) is 4.74 Å². The molecule has 0 aromatic carbocycles. The molecule has 1 N–H and O–H groups in total. The molecule has 1 aliphatic carbocycles. The summed E-state index contributed by atoms with van der Waals surface area (Å²) in [6.45, 7) is 6.65. The second-order valence-corrected chi connectivity index (χ2v) is 4.56. The maximum Gasteiger partial charge on any atom is 0.0467 e. The molecule has 0 aromatic heterocycles. The Hall–Kier alpha value is -0.0800. The number of nitrogens with one attached hydrogen (secondary N) is 1. The van der Waals surface area contributed by atoms with Crippen LogP contribution >= 0.6 is 0 Å². The number of hydrogen-bond acceptors (Lipinski definition) is 2. The van der Waals surface area contributed by atoms with Crippen LogP contribution in [0.15, 0.2) is 0 Å². The molecule has 0 aliphatic heterocycles. The Morgan fingerprint density at radius 3 is 2.62 bits per heavy atom. The van der Waals surface area contributed by atoms with Gasteiger partial charge < -0.3 is 10.1 Å². The first-order valence-corrected chi connectivity index (χ1v) is 5.42. The largest absolute Gasteiger partial charge is 0.385 e. The highest BCUT2D eigenvalue weighted by atomic mass is 16.5. The van der Waals surface area contributed by atoms with E-state index in [9.17, 15) is 0 Å². The van der Waals surface area contributed by atoms with E-state index in [0.717, 1.165) is 19.2 Å². The predicted molar refractivity (Wildman–Crippen MR) is 55.9 cm³/mol. The van der Waals surface area contributed by atoms with Gasteiger partial charge in [0.2, 0.25) is 0 Å². The van der Waals surface area contributed by atoms with Crippen molar-refractivity contribution in [1.82, 2.24) is 5.32 Å². The summed E-state index contributed by atoms with van der Waals surface area (Å²) in [7, 11) is 1.78. The highest BCUT2D eigenvalue weighted by molar-refractivity contribution is 4.85. The van der Waals surface area contributed by atoms with Crippen molar-refractivity contribution in [1.29, 1.82) is 0 Å². The molecule has 78 valence electrons. The lowest BCUT2D eigenvalue weighted by molar-refractivity contribution is 0.139. The van der Waals surface area contributed by atoms with Crippen LogP contribution in [0, 0.1) is 5.41 Å². The fourth-order valence-corrected chi connectivity index (χ4v) is 1.42. The van der Waals surface area contributed by atoms with Gasteiger partial charge in [-0.1, -0.05) is 13.8 Å². The van der Waals surface area contributed by atoms with E-state index in [0.29, 0.717) is 5.41 Å². The van der Waals surface area contributed by atoms with Crippen LogP contribution in [0.3, 0.4) is 0 Å². The zero-order valence-corrected chi connectivity index (χ0v) is 9.23. The van der Waals surface area contributed by atoms with E-state index in [1.165, 1.54) is 25.7 Å². The van der Waals surface area contributed by atoms with Gasteiger partial charge >= 0.3 is 0 Å². The van der Waals surface area contributed by atoms with Crippen molar-refractivity contribution in [3.8, 4) is 0 Å². The third-order valence-electron chi connectivity index (χ3n) is 3.16. The molecule has 2 nitrogen and oxygen atoms in total. The standard InChI is InChI=1S/C11H23NO/c1-4-11(2,7-8-13-3)9-12-10-5-6-10/h10,12H,4-9H2,1-3H3. The van der Waals surface area contributed by atoms with Crippen LogP contribution in [0.2, 0.25) is 0 Å². The Bertz CT molecular complexity index is 145. The molecule has 0 spiro atoms. The van der Waals surface area contributed by atoms with Gasteiger partial charge in [-0.15, -0.1) is 0 Å². The van der Waals surface area contributed by atoms with Crippen molar-refractivity contribution in [2.45, 2.75) is 45.6 Å². The molecule has 2 heteroatoms. The molecule has 1 fully saturated rings. The first-order chi connectivity index (χ1) is 6.20. The van der Waals surface area contributed by atoms with E-state index in [1.54, 1.807) is 7.11 Å². The van der Waals surface area contributed by atoms with Crippen molar-refractivity contribution in [3.05, 3.63) is 0 Å². The van der Waals surface area contributed by atoms with Crippen molar-refractivity contribution in [3.63, 3.8) is 0 Å². The van der Waals surface area contributed by atoms with E-state index in [1.807, 2.05) is 0 Å². The summed E-state index contributed by atoms with van der Waals surface area (Å²) in [6.07, 6.45) is 5.16. The smallest absolute Gasteiger partial charge is 0.0467 e. The van der Waals surface area contributed by atoms with Gasteiger partial charge in [0.05, 0.1) is 0 Å². The third-order valence-corrected chi connectivity index (χ3v) is 3.16. The van der Waals surface area contributed by atoms with Crippen LogP contribution in [0.1, 0.15) is 39.5 Å². The number of hydrogen-bond donors (Lipinski definition) is 1. The maximum absolute atomic E-state index is 5.13. The van der Waals surface area contributed by atoms with Crippen LogP contribution in [0.5, 0.6) is 0 Å². The minimum Gasteiger partial charge on any atom is -0.385 e. The average Bonchev–Trinajstić information content (AvgIpc) is 2.95. The minimum atomic E-state index is 0.429. The number of rotatable bonds is 7. The van der Waals surface area contributed by atoms with Crippen molar-refractivity contribution < 1.29 is 4.74 Å². The van der Waals surface area contributed by atoms with Crippen LogP contribution < -0.4 is 5.32 Å². The molecule has 0 saturated heterocycles. The molecule has 1 unspecified atom stereocenters. The summed E-state index contributed by atoms with van der Waals surface area (Å²) in [5, 5.41) is 3.60. The van der Waals surface area contributed by atoms with Gasteiger partial charge in [-0.3, -0.25) is 0 Å². The summed E-state index contributed by atoms with van der Waals surface area (Å²) >= 11 is 0. The van der Waals surface area contributed by atoms with Gasteiger partial charge in [-0.05, 0) is 31.1 Å². The Kier molecular flexibility index (Phi) is 4.20. The zero-order chi connectivity index (χ0) is 9.73. The van der Waals surface area contributed by atoms with E-state index >= 15 is 0 Å². The normalized spacial score (nSPS) is 21.5. The summed E-state index contributed by atoms with van der Waals surface area (Å²) < 4.78 is 5.13. The lowest BCUT2D eigenvalue weighted by atomic mass is 9.84. The second-order valence-electron chi connectivity index (χ2n) is 4.56. The van der Waals surface area contributed by atoms with Crippen LogP contribution in [0.25, 0.3) is 0 Å². The zero-order valence-electron chi connectivity index (χ0n) is 9.23. The van der Waals surface area contributed by atoms with Gasteiger partial charge in [0.1, 0.15) is 0 Å². The third kappa shape index (κ3) is 4.10. The van der Waals surface area contributed by atoms with Crippen LogP contribution in [-0.2, 0) is 4.74 Å².